The van der Waals surface area contributed by atoms with Gasteiger partial charge >= 0.3 is 0 Å². The average molecular weight is 254 g/mol. The summed E-state index contributed by atoms with van der Waals surface area (Å²) in [5.41, 5.74) is 2.04. The first-order valence-electron chi connectivity index (χ1n) is 5.72. The highest BCUT2D eigenvalue weighted by Crippen LogP contribution is 2.15. The summed E-state index contributed by atoms with van der Waals surface area (Å²) in [6.45, 7) is 1.22. The van der Waals surface area contributed by atoms with E-state index in [0.29, 0.717) is 13.2 Å². The smallest absolute Gasteiger partial charge is 0.254 e. The number of hydrogen-bond donors (Lipinski definition) is 3. The fourth-order valence-electron chi connectivity index (χ4n) is 1.82. The van der Waals surface area contributed by atoms with E-state index in [1.165, 1.54) is 12.3 Å². The Bertz CT molecular complexity index is 435. The van der Waals surface area contributed by atoms with Gasteiger partial charge in [-0.15, -0.1) is 0 Å². The first kappa shape index (κ1) is 12.7. The van der Waals surface area contributed by atoms with Gasteiger partial charge in [-0.2, -0.15) is 0 Å². The van der Waals surface area contributed by atoms with Crippen LogP contribution in [0.1, 0.15) is 23.2 Å². The quantitative estimate of drug-likeness (QED) is 0.537. The molecule has 1 aliphatic heterocycles. The number of rotatable bonds is 3. The molecule has 2 heterocycles. The zero-order chi connectivity index (χ0) is 13.0. The number of hydrogen-bond acceptors (Lipinski definition) is 5. The Kier molecular flexibility index (Phi) is 4.06. The number of aromatic nitrogens is 1. The summed E-state index contributed by atoms with van der Waals surface area (Å²) in [4.78, 5) is 15.6. The number of nitrogens with zero attached hydrogens (tertiary/aromatic N) is 1. The number of nitrogens with one attached hydrogen (secondary N) is 2. The van der Waals surface area contributed by atoms with E-state index >= 15 is 0 Å². The van der Waals surface area contributed by atoms with Gasteiger partial charge in [0.2, 0.25) is 0 Å². The molecule has 4 N–H and O–H groups in total. The second-order valence-electron chi connectivity index (χ2n) is 4.03. The SMILES string of the molecule is NNc1nccc(C(=O)NC2CCOCC2)c1F. The molecular weight excluding hydrogens is 239 g/mol. The Labute approximate surface area is 104 Å². The third-order valence-electron chi connectivity index (χ3n) is 2.83. The third-order valence-corrected chi connectivity index (χ3v) is 2.83. The number of nitrogen functional groups attached to an aromatic ring is 1. The van der Waals surface area contributed by atoms with Crippen LogP contribution < -0.4 is 16.6 Å². The Morgan fingerprint density at radius 3 is 2.89 bits per heavy atom. The summed E-state index contributed by atoms with van der Waals surface area (Å²) >= 11 is 0. The molecule has 1 amide bonds. The second kappa shape index (κ2) is 5.74. The largest absolute Gasteiger partial charge is 0.381 e. The monoisotopic (exact) mass is 254 g/mol. The van der Waals surface area contributed by atoms with Crippen LogP contribution in [0.3, 0.4) is 0 Å². The van der Waals surface area contributed by atoms with Crippen LogP contribution >= 0.6 is 0 Å². The predicted molar refractivity (Wildman–Crippen MR) is 63.3 cm³/mol. The summed E-state index contributed by atoms with van der Waals surface area (Å²) in [5, 5.41) is 2.77. The maximum atomic E-state index is 13.8. The van der Waals surface area contributed by atoms with Crippen molar-refractivity contribution < 1.29 is 13.9 Å². The Morgan fingerprint density at radius 1 is 1.50 bits per heavy atom. The van der Waals surface area contributed by atoms with E-state index in [9.17, 15) is 9.18 Å². The number of hydrazine groups is 1. The number of amides is 1. The van der Waals surface area contributed by atoms with E-state index in [1.807, 2.05) is 0 Å². The molecule has 1 fully saturated rings. The molecule has 0 aromatic carbocycles. The van der Waals surface area contributed by atoms with Crippen molar-refractivity contribution in [1.82, 2.24) is 10.3 Å². The van der Waals surface area contributed by atoms with Crippen LogP contribution in [0.4, 0.5) is 10.2 Å². The lowest BCUT2D eigenvalue weighted by atomic mass is 10.1. The summed E-state index contributed by atoms with van der Waals surface area (Å²) in [5.74, 6) is 3.75. The number of anilines is 1. The second-order valence-corrected chi connectivity index (χ2v) is 4.03. The molecule has 1 aromatic rings. The van der Waals surface area contributed by atoms with E-state index in [-0.39, 0.29) is 17.4 Å². The van der Waals surface area contributed by atoms with E-state index in [0.717, 1.165) is 12.8 Å². The predicted octanol–water partition coefficient (Wildman–Crippen LogP) is 0.415. The fraction of sp³-hybridized carbons (Fsp3) is 0.455. The van der Waals surface area contributed by atoms with Crippen LogP contribution in [0, 0.1) is 5.82 Å². The van der Waals surface area contributed by atoms with Crippen molar-refractivity contribution >= 4 is 11.7 Å². The number of ether oxygens (including phenoxy) is 1. The maximum absolute atomic E-state index is 13.8. The standard InChI is InChI=1S/C11H15FN4O2/c12-9-8(1-4-14-10(9)16-13)11(17)15-7-2-5-18-6-3-7/h1,4,7H,2-3,5-6,13H2,(H,14,16)(H,15,17). The first-order chi connectivity index (χ1) is 8.72. The summed E-state index contributed by atoms with van der Waals surface area (Å²) in [6.07, 6.45) is 2.80. The van der Waals surface area contributed by atoms with Crippen LogP contribution in [0.2, 0.25) is 0 Å². The summed E-state index contributed by atoms with van der Waals surface area (Å²) in [6, 6.07) is 1.35. The normalized spacial score (nSPS) is 16.3. The highest BCUT2D eigenvalue weighted by atomic mass is 19.1. The van der Waals surface area contributed by atoms with Gasteiger partial charge in [-0.25, -0.2) is 15.2 Å². The van der Waals surface area contributed by atoms with Crippen molar-refractivity contribution in [2.24, 2.45) is 5.84 Å². The van der Waals surface area contributed by atoms with Crippen molar-refractivity contribution in [2.45, 2.75) is 18.9 Å². The van der Waals surface area contributed by atoms with Gasteiger partial charge in [-0.05, 0) is 18.9 Å². The molecule has 1 aromatic heterocycles. The molecule has 0 bridgehead atoms. The van der Waals surface area contributed by atoms with E-state index in [2.05, 4.69) is 15.7 Å². The molecule has 0 radical (unpaired) electrons. The number of carbonyl (C=O) groups excluding carboxylic acids is 1. The van der Waals surface area contributed by atoms with Gasteiger partial charge in [0.25, 0.3) is 5.91 Å². The van der Waals surface area contributed by atoms with Crippen LogP contribution in [0.5, 0.6) is 0 Å². The Balaban J connectivity index is 2.08. The third kappa shape index (κ3) is 2.74. The van der Waals surface area contributed by atoms with Gasteiger partial charge < -0.3 is 15.5 Å². The van der Waals surface area contributed by atoms with E-state index in [4.69, 9.17) is 10.6 Å². The van der Waals surface area contributed by atoms with Gasteiger partial charge in [0.1, 0.15) is 0 Å². The van der Waals surface area contributed by atoms with Crippen molar-refractivity contribution in [2.75, 3.05) is 18.6 Å². The Hall–Kier alpha value is -1.73. The number of nitrogens with two attached hydrogens (primary N) is 1. The minimum absolute atomic E-state index is 0.0214. The molecule has 0 saturated carbocycles. The van der Waals surface area contributed by atoms with Crippen molar-refractivity contribution in [3.8, 4) is 0 Å². The topological polar surface area (TPSA) is 89.3 Å². The lowest BCUT2D eigenvalue weighted by molar-refractivity contribution is 0.0694. The summed E-state index contributed by atoms with van der Waals surface area (Å²) < 4.78 is 19.0. The first-order valence-corrected chi connectivity index (χ1v) is 5.72. The van der Waals surface area contributed by atoms with Crippen molar-refractivity contribution in [3.05, 3.63) is 23.6 Å². The molecule has 0 atom stereocenters. The van der Waals surface area contributed by atoms with E-state index < -0.39 is 11.7 Å². The van der Waals surface area contributed by atoms with Crippen LogP contribution in [0.15, 0.2) is 12.3 Å². The molecule has 7 heteroatoms. The molecule has 18 heavy (non-hydrogen) atoms. The zero-order valence-corrected chi connectivity index (χ0v) is 9.78. The average Bonchev–Trinajstić information content (AvgIpc) is 2.40. The molecule has 0 unspecified atom stereocenters. The van der Waals surface area contributed by atoms with Gasteiger partial charge in [0.15, 0.2) is 11.6 Å². The van der Waals surface area contributed by atoms with Crippen LogP contribution in [-0.2, 0) is 4.74 Å². The molecule has 6 nitrogen and oxygen atoms in total. The van der Waals surface area contributed by atoms with Crippen molar-refractivity contribution in [3.63, 3.8) is 0 Å². The van der Waals surface area contributed by atoms with Crippen LogP contribution in [-0.4, -0.2) is 30.1 Å². The lowest BCUT2D eigenvalue weighted by Gasteiger charge is -2.23. The highest BCUT2D eigenvalue weighted by molar-refractivity contribution is 5.95. The van der Waals surface area contributed by atoms with E-state index in [1.54, 1.807) is 0 Å². The molecule has 1 saturated heterocycles. The lowest BCUT2D eigenvalue weighted by Crippen LogP contribution is -2.39. The van der Waals surface area contributed by atoms with Gasteiger partial charge in [0.05, 0.1) is 5.56 Å². The Morgan fingerprint density at radius 2 is 2.22 bits per heavy atom. The highest BCUT2D eigenvalue weighted by Gasteiger charge is 2.20. The van der Waals surface area contributed by atoms with Crippen LogP contribution in [0.25, 0.3) is 0 Å². The van der Waals surface area contributed by atoms with Gasteiger partial charge in [-0.1, -0.05) is 0 Å². The molecule has 1 aliphatic rings. The fourth-order valence-corrected chi connectivity index (χ4v) is 1.82. The molecular formula is C11H15FN4O2. The van der Waals surface area contributed by atoms with Gasteiger partial charge in [-0.3, -0.25) is 4.79 Å². The number of halogens is 1. The maximum Gasteiger partial charge on any atom is 0.254 e. The molecule has 0 spiro atoms. The number of pyridine rings is 1. The molecule has 98 valence electrons. The minimum atomic E-state index is -0.746. The molecule has 2 rings (SSSR count). The molecule has 0 aliphatic carbocycles. The summed E-state index contributed by atoms with van der Waals surface area (Å²) in [7, 11) is 0. The van der Waals surface area contributed by atoms with Gasteiger partial charge in [0, 0.05) is 25.5 Å². The number of carbonyl (C=O) groups is 1. The zero-order valence-electron chi connectivity index (χ0n) is 9.78. The minimum Gasteiger partial charge on any atom is -0.381 e. The van der Waals surface area contributed by atoms with Crippen molar-refractivity contribution in [1.29, 1.82) is 0 Å².